The van der Waals surface area contributed by atoms with Crippen LogP contribution < -0.4 is 10.6 Å². The number of fused-ring (bicyclic) bond motifs is 1. The number of aromatic nitrogens is 1. The average molecular weight is 458 g/mol. The van der Waals surface area contributed by atoms with Crippen molar-refractivity contribution in [3.8, 4) is 11.1 Å². The van der Waals surface area contributed by atoms with Crippen LogP contribution in [0.15, 0.2) is 78.9 Å². The molecule has 1 aromatic heterocycles. The molecule has 0 aliphatic rings. The lowest BCUT2D eigenvalue weighted by atomic mass is 9.92. The highest BCUT2D eigenvalue weighted by molar-refractivity contribution is 6.33. The number of hydrogen-bond donors (Lipinski definition) is 2. The summed E-state index contributed by atoms with van der Waals surface area (Å²) in [6.45, 7) is 2.55. The molecule has 0 saturated heterocycles. The fraction of sp³-hybridized carbons (Fsp3) is 0.148. The lowest BCUT2D eigenvalue weighted by molar-refractivity contribution is -0.120. The molecule has 0 atom stereocenters. The number of carbonyl (C=O) groups excluding carboxylic acids is 2. The summed E-state index contributed by atoms with van der Waals surface area (Å²) in [5.41, 5.74) is 5.12. The van der Waals surface area contributed by atoms with Gasteiger partial charge < -0.3 is 10.6 Å². The summed E-state index contributed by atoms with van der Waals surface area (Å²) >= 11 is 6.06. The van der Waals surface area contributed by atoms with E-state index in [4.69, 9.17) is 16.6 Å². The number of pyridine rings is 1. The van der Waals surface area contributed by atoms with E-state index in [0.29, 0.717) is 23.7 Å². The summed E-state index contributed by atoms with van der Waals surface area (Å²) in [6, 6.07) is 24.9. The van der Waals surface area contributed by atoms with Crippen LogP contribution in [0.5, 0.6) is 0 Å². The second kappa shape index (κ2) is 10.3. The van der Waals surface area contributed by atoms with Crippen LogP contribution in [0.2, 0.25) is 5.02 Å². The zero-order valence-electron chi connectivity index (χ0n) is 18.3. The second-order valence-corrected chi connectivity index (χ2v) is 8.10. The maximum absolute atomic E-state index is 12.8. The van der Waals surface area contributed by atoms with Gasteiger partial charge in [0.1, 0.15) is 0 Å². The fourth-order valence-electron chi connectivity index (χ4n) is 3.87. The Morgan fingerprint density at radius 1 is 0.848 bits per heavy atom. The van der Waals surface area contributed by atoms with Crippen molar-refractivity contribution in [2.75, 3.05) is 13.1 Å². The van der Waals surface area contributed by atoms with E-state index in [1.807, 2.05) is 61.5 Å². The molecule has 3 aromatic carbocycles. The number of carbonyl (C=O) groups is 2. The number of nitrogens with one attached hydrogen (secondary N) is 2. The Morgan fingerprint density at radius 2 is 1.52 bits per heavy atom. The third-order valence-electron chi connectivity index (χ3n) is 5.45. The molecule has 5 nitrogen and oxygen atoms in total. The van der Waals surface area contributed by atoms with Crippen LogP contribution in [0.3, 0.4) is 0 Å². The first kappa shape index (κ1) is 22.5. The maximum Gasteiger partial charge on any atom is 0.252 e. The number of para-hydroxylation sites is 1. The molecule has 1 heterocycles. The van der Waals surface area contributed by atoms with Crippen molar-refractivity contribution < 1.29 is 9.59 Å². The van der Waals surface area contributed by atoms with Gasteiger partial charge in [0.25, 0.3) is 5.91 Å². The van der Waals surface area contributed by atoms with Crippen LogP contribution in [0.4, 0.5) is 0 Å². The zero-order valence-corrected chi connectivity index (χ0v) is 19.0. The second-order valence-electron chi connectivity index (χ2n) is 7.70. The molecule has 0 bridgehead atoms. The van der Waals surface area contributed by atoms with Crippen LogP contribution in [-0.2, 0) is 11.2 Å². The number of rotatable bonds is 7. The number of hydrogen-bond acceptors (Lipinski definition) is 3. The summed E-state index contributed by atoms with van der Waals surface area (Å²) in [7, 11) is 0. The van der Waals surface area contributed by atoms with Crippen LogP contribution in [0, 0.1) is 6.92 Å². The van der Waals surface area contributed by atoms with E-state index in [9.17, 15) is 9.59 Å². The van der Waals surface area contributed by atoms with Crippen molar-refractivity contribution in [2.24, 2.45) is 0 Å². The summed E-state index contributed by atoms with van der Waals surface area (Å²) < 4.78 is 0. The summed E-state index contributed by atoms with van der Waals surface area (Å²) in [5, 5.41) is 7.09. The van der Waals surface area contributed by atoms with Crippen molar-refractivity contribution in [2.45, 2.75) is 13.3 Å². The van der Waals surface area contributed by atoms with Gasteiger partial charge in [-0.05, 0) is 41.8 Å². The van der Waals surface area contributed by atoms with E-state index < -0.39 is 0 Å². The monoisotopic (exact) mass is 457 g/mol. The molecule has 166 valence electrons. The maximum atomic E-state index is 12.8. The van der Waals surface area contributed by atoms with Gasteiger partial charge in [0.2, 0.25) is 5.91 Å². The molecule has 0 spiro atoms. The first-order chi connectivity index (χ1) is 16.0. The molecule has 4 aromatic rings. The Hall–Kier alpha value is -3.70. The molecule has 33 heavy (non-hydrogen) atoms. The van der Waals surface area contributed by atoms with Gasteiger partial charge in [-0.25, -0.2) is 0 Å². The zero-order chi connectivity index (χ0) is 23.2. The fourth-order valence-corrected chi connectivity index (χ4v) is 4.09. The number of amides is 2. The SMILES string of the molecule is Cc1nc2ccccc2c(-c2ccccc2)c1CC(=O)NCCNC(=O)c1ccccc1Cl. The first-order valence-corrected chi connectivity index (χ1v) is 11.2. The molecule has 0 aliphatic carbocycles. The Bertz CT molecular complexity index is 1310. The topological polar surface area (TPSA) is 71.1 Å². The minimum atomic E-state index is -0.268. The molecule has 0 radical (unpaired) electrons. The number of halogens is 1. The molecule has 4 rings (SSSR count). The van der Waals surface area contributed by atoms with Gasteiger partial charge in [-0.15, -0.1) is 0 Å². The van der Waals surface area contributed by atoms with Crippen LogP contribution in [0.25, 0.3) is 22.0 Å². The molecule has 2 amide bonds. The minimum Gasteiger partial charge on any atom is -0.354 e. The van der Waals surface area contributed by atoms with E-state index in [-0.39, 0.29) is 18.2 Å². The van der Waals surface area contributed by atoms with E-state index >= 15 is 0 Å². The standard InChI is InChI=1S/C27H24ClN3O2/c1-18-22(17-25(32)29-15-16-30-27(33)20-11-5-7-13-23(20)28)26(19-9-3-2-4-10-19)21-12-6-8-14-24(21)31-18/h2-14H,15-17H2,1H3,(H,29,32)(H,30,33). The van der Waals surface area contributed by atoms with E-state index in [0.717, 1.165) is 33.3 Å². The lowest BCUT2D eigenvalue weighted by Gasteiger charge is -2.16. The molecule has 0 fully saturated rings. The number of aryl methyl sites for hydroxylation is 1. The van der Waals surface area contributed by atoms with Gasteiger partial charge in [-0.1, -0.05) is 72.3 Å². The molecular formula is C27H24ClN3O2. The molecule has 0 unspecified atom stereocenters. The Kier molecular flexibility index (Phi) is 7.01. The van der Waals surface area contributed by atoms with E-state index in [1.54, 1.807) is 24.3 Å². The van der Waals surface area contributed by atoms with Crippen molar-refractivity contribution in [1.82, 2.24) is 15.6 Å². The quantitative estimate of drug-likeness (QED) is 0.385. The van der Waals surface area contributed by atoms with Gasteiger partial charge in [0.05, 0.1) is 22.5 Å². The average Bonchev–Trinajstić information content (AvgIpc) is 2.83. The summed E-state index contributed by atoms with van der Waals surface area (Å²) in [5.74, 6) is -0.393. The predicted molar refractivity (Wildman–Crippen MR) is 132 cm³/mol. The molecule has 0 saturated carbocycles. The van der Waals surface area contributed by atoms with Crippen LogP contribution in [0.1, 0.15) is 21.6 Å². The molecular weight excluding hydrogens is 434 g/mol. The Balaban J connectivity index is 1.46. The van der Waals surface area contributed by atoms with E-state index in [2.05, 4.69) is 10.6 Å². The van der Waals surface area contributed by atoms with Crippen molar-refractivity contribution in [3.63, 3.8) is 0 Å². The lowest BCUT2D eigenvalue weighted by Crippen LogP contribution is -2.35. The third kappa shape index (κ3) is 5.21. The number of nitrogens with zero attached hydrogens (tertiary/aromatic N) is 1. The normalized spacial score (nSPS) is 10.7. The van der Waals surface area contributed by atoms with E-state index in [1.165, 1.54) is 0 Å². The van der Waals surface area contributed by atoms with Crippen molar-refractivity contribution >= 4 is 34.3 Å². The van der Waals surface area contributed by atoms with Gasteiger partial charge >= 0.3 is 0 Å². The first-order valence-electron chi connectivity index (χ1n) is 10.8. The Labute approximate surface area is 197 Å². The highest BCUT2D eigenvalue weighted by Gasteiger charge is 2.17. The highest BCUT2D eigenvalue weighted by atomic mass is 35.5. The van der Waals surface area contributed by atoms with Gasteiger partial charge in [0, 0.05) is 24.2 Å². The largest absolute Gasteiger partial charge is 0.354 e. The van der Waals surface area contributed by atoms with Crippen molar-refractivity contribution in [3.05, 3.63) is 101 Å². The molecule has 0 aliphatic heterocycles. The summed E-state index contributed by atoms with van der Waals surface area (Å²) in [4.78, 5) is 29.8. The van der Waals surface area contributed by atoms with Crippen LogP contribution in [-0.4, -0.2) is 29.9 Å². The third-order valence-corrected chi connectivity index (χ3v) is 5.78. The number of benzene rings is 3. The molecule has 6 heteroatoms. The summed E-state index contributed by atoms with van der Waals surface area (Å²) in [6.07, 6.45) is 0.201. The minimum absolute atomic E-state index is 0.126. The Morgan fingerprint density at radius 3 is 2.30 bits per heavy atom. The van der Waals surface area contributed by atoms with Crippen molar-refractivity contribution in [1.29, 1.82) is 0 Å². The highest BCUT2D eigenvalue weighted by Crippen LogP contribution is 2.33. The molecule has 2 N–H and O–H groups in total. The van der Waals surface area contributed by atoms with Gasteiger partial charge in [-0.2, -0.15) is 0 Å². The smallest absolute Gasteiger partial charge is 0.252 e. The van der Waals surface area contributed by atoms with Crippen LogP contribution >= 0.6 is 11.6 Å². The predicted octanol–water partition coefficient (Wildman–Crippen LogP) is 4.95. The van der Waals surface area contributed by atoms with Gasteiger partial charge in [0.15, 0.2) is 0 Å². The van der Waals surface area contributed by atoms with Gasteiger partial charge in [-0.3, -0.25) is 14.6 Å².